The van der Waals surface area contributed by atoms with Crippen LogP contribution in [0.4, 0.5) is 0 Å². The number of furan rings is 1. The van der Waals surface area contributed by atoms with E-state index in [0.717, 1.165) is 11.2 Å². The Labute approximate surface area is 290 Å². The molecule has 1 aliphatic rings. The molecule has 0 atom stereocenters. The molecule has 0 N–H and O–H groups in total. The molecule has 1 aliphatic carbocycles. The third-order valence-electron chi connectivity index (χ3n) is 11.4. The van der Waals surface area contributed by atoms with Gasteiger partial charge in [0.1, 0.15) is 11.2 Å². The molecule has 1 heteroatoms. The fourth-order valence-corrected chi connectivity index (χ4v) is 9.09. The Morgan fingerprint density at radius 2 is 0.940 bits per heavy atom. The van der Waals surface area contributed by atoms with Crippen molar-refractivity contribution in [3.05, 3.63) is 169 Å². The molecule has 1 nitrogen and oxygen atoms in total. The van der Waals surface area contributed by atoms with Gasteiger partial charge in [-0.1, -0.05) is 153 Å². The molecule has 11 rings (SSSR count). The molecule has 0 aliphatic heterocycles. The molecule has 1 aromatic heterocycles. The van der Waals surface area contributed by atoms with E-state index in [1.54, 1.807) is 0 Å². The van der Waals surface area contributed by atoms with Crippen LogP contribution in [-0.2, 0) is 5.41 Å². The third-order valence-corrected chi connectivity index (χ3v) is 11.4. The largest absolute Gasteiger partial charge is 0.455 e. The molecule has 9 aromatic carbocycles. The minimum absolute atomic E-state index is 0.150. The van der Waals surface area contributed by atoms with Crippen LogP contribution in [0.15, 0.2) is 162 Å². The lowest BCUT2D eigenvalue weighted by Gasteiger charge is -2.22. The second kappa shape index (κ2) is 9.94. The van der Waals surface area contributed by atoms with Gasteiger partial charge in [-0.05, 0) is 100 Å². The Kier molecular flexibility index (Phi) is 5.51. The van der Waals surface area contributed by atoms with Crippen molar-refractivity contribution in [2.24, 2.45) is 0 Å². The predicted molar refractivity (Wildman–Crippen MR) is 212 cm³/mol. The molecular weight excluding hydrogens is 605 g/mol. The van der Waals surface area contributed by atoms with Gasteiger partial charge in [0.2, 0.25) is 0 Å². The Hall–Kier alpha value is -6.18. The van der Waals surface area contributed by atoms with Crippen LogP contribution in [0.3, 0.4) is 0 Å². The van der Waals surface area contributed by atoms with Crippen molar-refractivity contribution in [2.45, 2.75) is 19.3 Å². The maximum absolute atomic E-state index is 6.83. The van der Waals surface area contributed by atoms with Gasteiger partial charge in [0, 0.05) is 21.8 Å². The summed E-state index contributed by atoms with van der Waals surface area (Å²) < 4.78 is 6.83. The van der Waals surface area contributed by atoms with E-state index in [-0.39, 0.29) is 5.41 Å². The fraction of sp³-hybridized carbons (Fsp3) is 0.0612. The third kappa shape index (κ3) is 3.67. The lowest BCUT2D eigenvalue weighted by atomic mass is 9.81. The molecular formula is C49H32O. The number of benzene rings is 9. The topological polar surface area (TPSA) is 13.1 Å². The summed E-state index contributed by atoms with van der Waals surface area (Å²) in [5.41, 5.74) is 12.0. The average molecular weight is 637 g/mol. The van der Waals surface area contributed by atoms with Crippen molar-refractivity contribution >= 4 is 65.0 Å². The smallest absolute Gasteiger partial charge is 0.143 e. The van der Waals surface area contributed by atoms with Gasteiger partial charge < -0.3 is 4.42 Å². The summed E-state index contributed by atoms with van der Waals surface area (Å²) in [5.74, 6) is 0. The van der Waals surface area contributed by atoms with Crippen molar-refractivity contribution in [2.75, 3.05) is 0 Å². The van der Waals surface area contributed by atoms with Gasteiger partial charge >= 0.3 is 0 Å². The number of fused-ring (bicyclic) bond motifs is 12. The molecule has 0 amide bonds. The fourth-order valence-electron chi connectivity index (χ4n) is 9.09. The molecule has 50 heavy (non-hydrogen) atoms. The van der Waals surface area contributed by atoms with E-state index in [1.165, 1.54) is 98.4 Å². The monoisotopic (exact) mass is 636 g/mol. The zero-order valence-corrected chi connectivity index (χ0v) is 27.9. The van der Waals surface area contributed by atoms with Crippen LogP contribution in [0, 0.1) is 0 Å². The van der Waals surface area contributed by atoms with E-state index in [4.69, 9.17) is 4.42 Å². The summed E-state index contributed by atoms with van der Waals surface area (Å²) in [6.45, 7) is 4.70. The molecule has 0 radical (unpaired) electrons. The average Bonchev–Trinajstić information content (AvgIpc) is 3.65. The molecule has 0 spiro atoms. The first-order valence-electron chi connectivity index (χ1n) is 17.5. The number of hydrogen-bond donors (Lipinski definition) is 0. The van der Waals surface area contributed by atoms with E-state index in [2.05, 4.69) is 172 Å². The highest BCUT2D eigenvalue weighted by atomic mass is 16.3. The standard InChI is InChI=1S/C49H32O/c1-49(2)41-24-21-33(28-40(41)47-42(49)25-23-39-46-34-14-6-5-12-30(34)22-26-43(46)50-48(39)47)45-37-17-9-7-15-35(37)44(36-16-8-10-18-38(36)45)32-20-19-29-11-3-4-13-31(29)27-32/h3-28H,1-2H3. The van der Waals surface area contributed by atoms with Crippen LogP contribution in [0.25, 0.3) is 98.4 Å². The Balaban J connectivity index is 1.20. The molecule has 0 bridgehead atoms. The minimum atomic E-state index is -0.150. The summed E-state index contributed by atoms with van der Waals surface area (Å²) in [7, 11) is 0. The summed E-state index contributed by atoms with van der Waals surface area (Å²) in [6.07, 6.45) is 0. The Morgan fingerprint density at radius 1 is 0.400 bits per heavy atom. The Morgan fingerprint density at radius 3 is 1.64 bits per heavy atom. The zero-order valence-electron chi connectivity index (χ0n) is 27.9. The van der Waals surface area contributed by atoms with Gasteiger partial charge in [0.05, 0.1) is 0 Å². The van der Waals surface area contributed by atoms with Crippen LogP contribution < -0.4 is 0 Å². The molecule has 0 unspecified atom stereocenters. The van der Waals surface area contributed by atoms with Crippen LogP contribution >= 0.6 is 0 Å². The minimum Gasteiger partial charge on any atom is -0.455 e. The van der Waals surface area contributed by atoms with E-state index in [1.807, 2.05) is 0 Å². The van der Waals surface area contributed by atoms with Crippen LogP contribution in [0.5, 0.6) is 0 Å². The number of rotatable bonds is 2. The van der Waals surface area contributed by atoms with E-state index >= 15 is 0 Å². The van der Waals surface area contributed by atoms with E-state index in [0.29, 0.717) is 0 Å². The summed E-state index contributed by atoms with van der Waals surface area (Å²) >= 11 is 0. The first kappa shape index (κ1) is 27.7. The van der Waals surface area contributed by atoms with E-state index < -0.39 is 0 Å². The van der Waals surface area contributed by atoms with Gasteiger partial charge in [0.25, 0.3) is 0 Å². The summed E-state index contributed by atoms with van der Waals surface area (Å²) in [4.78, 5) is 0. The maximum Gasteiger partial charge on any atom is 0.143 e. The predicted octanol–water partition coefficient (Wildman–Crippen LogP) is 13.8. The molecule has 0 fully saturated rings. The molecule has 0 saturated carbocycles. The first-order chi connectivity index (χ1) is 24.6. The van der Waals surface area contributed by atoms with Crippen molar-refractivity contribution in [1.29, 1.82) is 0 Å². The zero-order chi connectivity index (χ0) is 33.1. The van der Waals surface area contributed by atoms with Crippen LogP contribution in [0.2, 0.25) is 0 Å². The maximum atomic E-state index is 6.83. The quantitative estimate of drug-likeness (QED) is 0.172. The normalized spacial score (nSPS) is 13.6. The van der Waals surface area contributed by atoms with Gasteiger partial charge in [-0.25, -0.2) is 0 Å². The second-order valence-electron chi connectivity index (χ2n) is 14.4. The van der Waals surface area contributed by atoms with Crippen molar-refractivity contribution < 1.29 is 4.42 Å². The lowest BCUT2D eigenvalue weighted by Crippen LogP contribution is -2.14. The first-order valence-corrected chi connectivity index (χ1v) is 17.5. The molecule has 1 heterocycles. The SMILES string of the molecule is CC1(C)c2ccc(-c3c4ccccc4c(-c4ccc5ccccc5c4)c4ccccc34)cc2-c2c1ccc1c2oc2ccc3ccccc3c21. The molecule has 234 valence electrons. The van der Waals surface area contributed by atoms with Gasteiger partial charge in [-0.15, -0.1) is 0 Å². The summed E-state index contributed by atoms with van der Waals surface area (Å²) in [6, 6.07) is 58.2. The highest BCUT2D eigenvalue weighted by Gasteiger charge is 2.38. The van der Waals surface area contributed by atoms with Gasteiger partial charge in [-0.2, -0.15) is 0 Å². The van der Waals surface area contributed by atoms with Crippen LogP contribution in [-0.4, -0.2) is 0 Å². The summed E-state index contributed by atoms with van der Waals surface area (Å²) in [5, 5.41) is 12.4. The second-order valence-corrected chi connectivity index (χ2v) is 14.4. The highest BCUT2D eigenvalue weighted by molar-refractivity contribution is 6.23. The Bertz CT molecular complexity index is 3010. The van der Waals surface area contributed by atoms with E-state index in [9.17, 15) is 0 Å². The molecule has 0 saturated heterocycles. The van der Waals surface area contributed by atoms with Crippen molar-refractivity contribution in [3.8, 4) is 33.4 Å². The molecule has 10 aromatic rings. The lowest BCUT2D eigenvalue weighted by molar-refractivity contribution is 0.653. The van der Waals surface area contributed by atoms with Crippen molar-refractivity contribution in [1.82, 2.24) is 0 Å². The highest BCUT2D eigenvalue weighted by Crippen LogP contribution is 2.54. The van der Waals surface area contributed by atoms with Gasteiger partial charge in [-0.3, -0.25) is 0 Å². The number of hydrogen-bond acceptors (Lipinski definition) is 1. The van der Waals surface area contributed by atoms with Crippen molar-refractivity contribution in [3.63, 3.8) is 0 Å². The van der Waals surface area contributed by atoms with Crippen LogP contribution in [0.1, 0.15) is 25.0 Å². The van der Waals surface area contributed by atoms with Gasteiger partial charge in [0.15, 0.2) is 0 Å².